The van der Waals surface area contributed by atoms with E-state index in [9.17, 15) is 0 Å². The maximum atomic E-state index is 5.04. The van der Waals surface area contributed by atoms with Gasteiger partial charge in [0, 0.05) is 40.5 Å². The Morgan fingerprint density at radius 2 is 1.74 bits per heavy atom. The number of hydrogen-bond donors (Lipinski definition) is 1. The first-order valence-corrected chi connectivity index (χ1v) is 6.70. The van der Waals surface area contributed by atoms with Crippen LogP contribution in [0.4, 0.5) is 5.69 Å². The minimum atomic E-state index is 0.749. The third kappa shape index (κ3) is 6.94. The number of nitrogens with one attached hydrogen (secondary N) is 1. The van der Waals surface area contributed by atoms with Gasteiger partial charge in [0.25, 0.3) is 0 Å². The molecule has 0 aliphatic heterocycles. The molecule has 4 nitrogen and oxygen atoms in total. The molecule has 0 aromatic heterocycles. The second-order valence-electron chi connectivity index (χ2n) is 4.21. The van der Waals surface area contributed by atoms with Crippen LogP contribution in [0.25, 0.3) is 0 Å². The van der Waals surface area contributed by atoms with E-state index in [2.05, 4.69) is 16.4 Å². The van der Waals surface area contributed by atoms with Gasteiger partial charge in [-0.15, -0.1) is 0 Å². The van der Waals surface area contributed by atoms with Gasteiger partial charge < -0.3 is 14.8 Å². The summed E-state index contributed by atoms with van der Waals surface area (Å²) in [6, 6.07) is 10.1. The van der Waals surface area contributed by atoms with Crippen molar-refractivity contribution in [3.05, 3.63) is 35.7 Å². The first-order chi connectivity index (χ1) is 9.38. The van der Waals surface area contributed by atoms with Gasteiger partial charge >= 0.3 is 0 Å². The van der Waals surface area contributed by atoms with Crippen LogP contribution in [0, 0.1) is 0 Å². The lowest BCUT2D eigenvalue weighted by atomic mass is 10.3. The quantitative estimate of drug-likeness (QED) is 0.694. The number of methoxy groups -OCH3 is 2. The number of ether oxygens (including phenoxy) is 2. The predicted octanol–water partition coefficient (Wildman–Crippen LogP) is 2.07. The lowest BCUT2D eigenvalue weighted by Crippen LogP contribution is -2.13. The molecule has 0 saturated heterocycles. The summed E-state index contributed by atoms with van der Waals surface area (Å²) in [6.07, 6.45) is 1.93. The number of rotatable bonds is 9. The number of nitrogens with zero attached hydrogens (tertiary/aromatic N) is 1. The van der Waals surface area contributed by atoms with Gasteiger partial charge in [0.2, 0.25) is 0 Å². The monoisotopic (exact) mass is 264 g/mol. The lowest BCUT2D eigenvalue weighted by molar-refractivity contribution is 0.196. The van der Waals surface area contributed by atoms with E-state index in [1.807, 2.05) is 24.3 Å². The largest absolute Gasteiger partial charge is 0.385 e. The third-order valence-electron chi connectivity index (χ3n) is 2.64. The normalized spacial score (nSPS) is 11.6. The Bertz CT molecular complexity index is 407. The van der Waals surface area contributed by atoms with E-state index in [0.29, 0.717) is 0 Å². The van der Waals surface area contributed by atoms with Crippen LogP contribution in [0.2, 0.25) is 0 Å². The Kier molecular flexibility index (Phi) is 8.68. The zero-order chi connectivity index (χ0) is 13.8. The van der Waals surface area contributed by atoms with Gasteiger partial charge in [0.1, 0.15) is 0 Å². The molecule has 1 rings (SSSR count). The number of anilines is 1. The lowest BCUT2D eigenvalue weighted by Gasteiger charge is -2.04. The van der Waals surface area contributed by atoms with Crippen LogP contribution in [-0.4, -0.2) is 40.5 Å². The van der Waals surface area contributed by atoms with Crippen LogP contribution in [0.5, 0.6) is 0 Å². The summed E-state index contributed by atoms with van der Waals surface area (Å²) in [7, 11) is 3.43. The average Bonchev–Trinajstić information content (AvgIpc) is 2.65. The van der Waals surface area contributed by atoms with Crippen LogP contribution in [0.3, 0.4) is 0 Å². The summed E-state index contributed by atoms with van der Waals surface area (Å²) in [5.74, 6) is 0. The predicted molar refractivity (Wildman–Crippen MR) is 78.3 cm³/mol. The Morgan fingerprint density at radius 3 is 2.53 bits per heavy atom. The molecule has 1 aromatic carbocycles. The van der Waals surface area contributed by atoms with Gasteiger partial charge in [-0.3, -0.25) is 4.99 Å². The molecule has 0 atom stereocenters. The van der Waals surface area contributed by atoms with Crippen molar-refractivity contribution in [2.45, 2.75) is 12.8 Å². The number of hydrogen-bond acceptors (Lipinski definition) is 4. The first kappa shape index (κ1) is 15.7. The van der Waals surface area contributed by atoms with E-state index in [0.717, 1.165) is 50.2 Å². The van der Waals surface area contributed by atoms with E-state index >= 15 is 0 Å². The van der Waals surface area contributed by atoms with Crippen molar-refractivity contribution in [2.75, 3.05) is 45.8 Å². The summed E-state index contributed by atoms with van der Waals surface area (Å²) in [4.78, 5) is 4.61. The highest BCUT2D eigenvalue weighted by molar-refractivity contribution is 5.41. The molecule has 0 radical (unpaired) electrons. The molecular formula is C15H24N2O2. The van der Waals surface area contributed by atoms with Crippen molar-refractivity contribution in [3.63, 3.8) is 0 Å². The Balaban J connectivity index is 2.65. The molecule has 0 spiro atoms. The molecule has 0 fully saturated rings. The topological polar surface area (TPSA) is 42.8 Å². The summed E-state index contributed by atoms with van der Waals surface area (Å²) >= 11 is 0. The van der Waals surface area contributed by atoms with Crippen LogP contribution in [0.1, 0.15) is 12.8 Å². The zero-order valence-corrected chi connectivity index (χ0v) is 11.9. The Labute approximate surface area is 115 Å². The van der Waals surface area contributed by atoms with E-state index in [4.69, 9.17) is 9.47 Å². The van der Waals surface area contributed by atoms with Crippen LogP contribution in [-0.2, 0) is 9.47 Å². The first-order valence-electron chi connectivity index (χ1n) is 6.70. The highest BCUT2D eigenvalue weighted by Gasteiger charge is 1.94. The fourth-order valence-electron chi connectivity index (χ4n) is 1.67. The summed E-state index contributed by atoms with van der Waals surface area (Å²) in [6.45, 7) is 3.19. The smallest absolute Gasteiger partial charge is 0.0805 e. The Hall–Kier alpha value is -1.39. The maximum absolute atomic E-state index is 5.04. The molecule has 1 aromatic rings. The molecule has 19 heavy (non-hydrogen) atoms. The van der Waals surface area contributed by atoms with Crippen molar-refractivity contribution in [1.82, 2.24) is 0 Å². The highest BCUT2D eigenvalue weighted by Crippen LogP contribution is 1.98. The van der Waals surface area contributed by atoms with Gasteiger partial charge in [-0.2, -0.15) is 0 Å². The summed E-state index contributed by atoms with van der Waals surface area (Å²) in [5, 5.41) is 4.40. The molecule has 0 amide bonds. The average molecular weight is 264 g/mol. The van der Waals surface area contributed by atoms with E-state index < -0.39 is 0 Å². The minimum absolute atomic E-state index is 0.749. The third-order valence-corrected chi connectivity index (χ3v) is 2.64. The second kappa shape index (κ2) is 10.5. The van der Waals surface area contributed by atoms with E-state index in [-0.39, 0.29) is 0 Å². The summed E-state index contributed by atoms with van der Waals surface area (Å²) in [5.41, 5.74) is 1.07. The van der Waals surface area contributed by atoms with Gasteiger partial charge in [0.05, 0.1) is 11.0 Å². The highest BCUT2D eigenvalue weighted by atomic mass is 16.5. The van der Waals surface area contributed by atoms with Crippen LogP contribution < -0.4 is 10.7 Å². The van der Waals surface area contributed by atoms with Gasteiger partial charge in [-0.05, 0) is 25.0 Å². The molecule has 4 heteroatoms. The van der Waals surface area contributed by atoms with Crippen molar-refractivity contribution >= 4 is 5.69 Å². The van der Waals surface area contributed by atoms with Crippen LogP contribution >= 0.6 is 0 Å². The SMILES string of the molecule is COCCCN=c1cccccc1NCCCOC. The van der Waals surface area contributed by atoms with Crippen molar-refractivity contribution in [2.24, 2.45) is 4.99 Å². The Morgan fingerprint density at radius 1 is 1.00 bits per heavy atom. The van der Waals surface area contributed by atoms with Gasteiger partial charge in [0.15, 0.2) is 0 Å². The minimum Gasteiger partial charge on any atom is -0.385 e. The fourth-order valence-corrected chi connectivity index (χ4v) is 1.67. The maximum Gasteiger partial charge on any atom is 0.0805 e. The van der Waals surface area contributed by atoms with Crippen molar-refractivity contribution in [3.8, 4) is 0 Å². The van der Waals surface area contributed by atoms with Gasteiger partial charge in [-0.25, -0.2) is 0 Å². The molecule has 0 aliphatic carbocycles. The molecule has 1 N–H and O–H groups in total. The standard InChI is InChI=1S/C15H24N2O2/c1-18-12-6-10-16-14-8-4-3-5-9-15(14)17-11-7-13-19-2/h3-5,8-9H,6-7,10-13H2,1-2H3,(H,16,17). The molecule has 0 unspecified atom stereocenters. The molecule has 0 heterocycles. The van der Waals surface area contributed by atoms with Gasteiger partial charge in [-0.1, -0.05) is 18.2 Å². The molecule has 0 saturated carbocycles. The molecular weight excluding hydrogens is 240 g/mol. The fraction of sp³-hybridized carbons (Fsp3) is 0.533. The zero-order valence-electron chi connectivity index (χ0n) is 11.9. The van der Waals surface area contributed by atoms with Crippen LogP contribution in [0.15, 0.2) is 35.3 Å². The molecule has 0 bridgehead atoms. The summed E-state index contributed by atoms with van der Waals surface area (Å²) < 4.78 is 10.1. The van der Waals surface area contributed by atoms with Crippen molar-refractivity contribution < 1.29 is 9.47 Å². The molecule has 0 aliphatic rings. The van der Waals surface area contributed by atoms with Crippen molar-refractivity contribution in [1.29, 1.82) is 0 Å². The molecule has 106 valence electrons. The van der Waals surface area contributed by atoms with E-state index in [1.165, 1.54) is 0 Å². The van der Waals surface area contributed by atoms with E-state index in [1.54, 1.807) is 14.2 Å². The second-order valence-corrected chi connectivity index (χ2v) is 4.21.